The molecule has 0 rings (SSSR count). The summed E-state index contributed by atoms with van der Waals surface area (Å²) in [6.07, 6.45) is 0. The molecule has 0 aliphatic carbocycles. The molecule has 0 saturated carbocycles. The molecule has 0 aromatic heterocycles. The third-order valence-corrected chi connectivity index (χ3v) is 10.6. The molecule has 3 heteroatoms. The molecule has 0 atom stereocenters. The maximum absolute atomic E-state index is 13.6. The molecular weight excluding hydrogens is 205 g/mol. The van der Waals surface area contributed by atoms with E-state index in [0.29, 0.717) is 0 Å². The normalized spacial score (nSPS) is 15.6. The van der Waals surface area contributed by atoms with Crippen LogP contribution >= 0.6 is 0 Å². The van der Waals surface area contributed by atoms with Gasteiger partial charge in [0.1, 0.15) is 0 Å². The Morgan fingerprint density at radius 2 is 0.867 bits per heavy atom. The van der Waals surface area contributed by atoms with Gasteiger partial charge in [-0.2, -0.15) is 5.20 Å². The zero-order valence-corrected chi connectivity index (χ0v) is 12.9. The van der Waals surface area contributed by atoms with Crippen LogP contribution in [-0.2, 0) is 0 Å². The lowest BCUT2D eigenvalue weighted by molar-refractivity contribution is 0.365. The minimum absolute atomic E-state index is 0.0156. The maximum atomic E-state index is 13.6. The number of rotatable bonds is 1. The molecular formula is C12H28FNSi. The van der Waals surface area contributed by atoms with Gasteiger partial charge in [-0.3, -0.25) is 0 Å². The first-order valence-electron chi connectivity index (χ1n) is 5.69. The number of nitrogens with one attached hydrogen (secondary N) is 1. The van der Waals surface area contributed by atoms with Gasteiger partial charge in [-0.15, -0.1) is 4.48 Å². The van der Waals surface area contributed by atoms with E-state index in [1.54, 1.807) is 0 Å². The van der Waals surface area contributed by atoms with Crippen LogP contribution in [0.15, 0.2) is 0 Å². The van der Waals surface area contributed by atoms with Crippen LogP contribution in [0.2, 0.25) is 15.1 Å². The van der Waals surface area contributed by atoms with E-state index in [4.69, 9.17) is 0 Å². The molecule has 0 fully saturated rings. The van der Waals surface area contributed by atoms with Gasteiger partial charge in [-0.05, 0) is 15.1 Å². The number of halogens is 1. The number of hydrogen-bond acceptors (Lipinski definition) is 1. The van der Waals surface area contributed by atoms with Crippen molar-refractivity contribution in [3.63, 3.8) is 0 Å². The summed E-state index contributed by atoms with van der Waals surface area (Å²) in [5.41, 5.74) is 0. The maximum Gasteiger partial charge on any atom is 0.178 e. The standard InChI is InChI=1S/C12H28FNSi/c1-10(2,3)15(14-13,11(4,5)6)12(7,8)9/h14H,1-9H3. The van der Waals surface area contributed by atoms with Gasteiger partial charge in [-0.25, -0.2) is 0 Å². The first-order valence-corrected chi connectivity index (χ1v) is 7.69. The molecule has 0 radical (unpaired) electrons. The molecule has 0 aliphatic rings. The minimum Gasteiger partial charge on any atom is -0.183 e. The van der Waals surface area contributed by atoms with Crippen molar-refractivity contribution >= 4 is 8.24 Å². The third kappa shape index (κ3) is 2.28. The molecule has 0 heterocycles. The minimum atomic E-state index is -2.29. The van der Waals surface area contributed by atoms with Crippen LogP contribution < -0.4 is 5.20 Å². The van der Waals surface area contributed by atoms with E-state index in [9.17, 15) is 4.48 Å². The topological polar surface area (TPSA) is 12.0 Å². The quantitative estimate of drug-likeness (QED) is 0.506. The lowest BCUT2D eigenvalue weighted by Crippen LogP contribution is -2.66. The predicted octanol–water partition coefficient (Wildman–Crippen LogP) is 4.81. The fourth-order valence-electron chi connectivity index (χ4n) is 3.80. The van der Waals surface area contributed by atoms with Crippen molar-refractivity contribution in [2.75, 3.05) is 0 Å². The Kier molecular flexibility index (Phi) is 3.87. The zero-order chi connectivity index (χ0) is 12.7. The van der Waals surface area contributed by atoms with Gasteiger partial charge in [0, 0.05) is 0 Å². The first kappa shape index (κ1) is 15.1. The molecule has 0 aromatic rings. The Hall–Kier alpha value is 0.107. The van der Waals surface area contributed by atoms with Crippen molar-refractivity contribution in [3.05, 3.63) is 0 Å². The van der Waals surface area contributed by atoms with Gasteiger partial charge < -0.3 is 0 Å². The summed E-state index contributed by atoms with van der Waals surface area (Å²) in [4.78, 5) is 0. The molecule has 92 valence electrons. The van der Waals surface area contributed by atoms with Gasteiger partial charge >= 0.3 is 0 Å². The van der Waals surface area contributed by atoms with Gasteiger partial charge in [-0.1, -0.05) is 62.3 Å². The van der Waals surface area contributed by atoms with Crippen molar-refractivity contribution in [1.82, 2.24) is 5.20 Å². The summed E-state index contributed by atoms with van der Waals surface area (Å²) in [6.45, 7) is 19.4. The monoisotopic (exact) mass is 233 g/mol. The summed E-state index contributed by atoms with van der Waals surface area (Å²) in [6, 6.07) is 0. The van der Waals surface area contributed by atoms with Gasteiger partial charge in [0.05, 0.1) is 0 Å². The summed E-state index contributed by atoms with van der Waals surface area (Å²) < 4.78 is 13.6. The fraction of sp³-hybridized carbons (Fsp3) is 1.00. The lowest BCUT2D eigenvalue weighted by atomic mass is 10.2. The second-order valence-electron chi connectivity index (χ2n) is 7.59. The molecule has 1 nitrogen and oxygen atoms in total. The fourth-order valence-corrected chi connectivity index (χ4v) is 11.4. The summed E-state index contributed by atoms with van der Waals surface area (Å²) in [5.74, 6) is 0. The molecule has 0 aromatic carbocycles. The van der Waals surface area contributed by atoms with Crippen LogP contribution in [0.3, 0.4) is 0 Å². The van der Waals surface area contributed by atoms with E-state index in [1.165, 1.54) is 0 Å². The molecule has 0 amide bonds. The summed E-state index contributed by atoms with van der Waals surface area (Å²) in [7, 11) is -2.29. The molecule has 0 spiro atoms. The van der Waals surface area contributed by atoms with Crippen molar-refractivity contribution < 1.29 is 4.48 Å². The van der Waals surface area contributed by atoms with E-state index in [-0.39, 0.29) is 15.1 Å². The molecule has 0 aliphatic heterocycles. The lowest BCUT2D eigenvalue weighted by Gasteiger charge is -2.56. The predicted molar refractivity (Wildman–Crippen MR) is 69.1 cm³/mol. The van der Waals surface area contributed by atoms with Crippen molar-refractivity contribution in [2.45, 2.75) is 77.4 Å². The molecule has 1 N–H and O–H groups in total. The van der Waals surface area contributed by atoms with E-state index in [2.05, 4.69) is 67.5 Å². The van der Waals surface area contributed by atoms with Gasteiger partial charge in [0.2, 0.25) is 0 Å². The molecule has 0 unspecified atom stereocenters. The van der Waals surface area contributed by atoms with Crippen LogP contribution in [0.5, 0.6) is 0 Å². The van der Waals surface area contributed by atoms with Crippen molar-refractivity contribution in [3.8, 4) is 0 Å². The van der Waals surface area contributed by atoms with Gasteiger partial charge in [0.15, 0.2) is 8.24 Å². The highest BCUT2D eigenvalue weighted by Gasteiger charge is 2.61. The highest BCUT2D eigenvalue weighted by molar-refractivity contribution is 6.85. The van der Waals surface area contributed by atoms with Gasteiger partial charge in [0.25, 0.3) is 0 Å². The smallest absolute Gasteiger partial charge is 0.178 e. The van der Waals surface area contributed by atoms with E-state index in [1.807, 2.05) is 0 Å². The Labute approximate surface area is 95.9 Å². The highest BCUT2D eigenvalue weighted by Crippen LogP contribution is 2.60. The summed E-state index contributed by atoms with van der Waals surface area (Å²) in [5, 5.41) is 2.23. The van der Waals surface area contributed by atoms with Crippen LogP contribution in [0.1, 0.15) is 62.3 Å². The molecule has 0 saturated heterocycles. The van der Waals surface area contributed by atoms with E-state index < -0.39 is 8.24 Å². The third-order valence-electron chi connectivity index (χ3n) is 3.52. The van der Waals surface area contributed by atoms with Crippen LogP contribution in [-0.4, -0.2) is 8.24 Å². The average molecular weight is 233 g/mol. The Balaban J connectivity index is 5.78. The van der Waals surface area contributed by atoms with Crippen LogP contribution in [0, 0.1) is 0 Å². The average Bonchev–Trinajstić information content (AvgIpc) is 1.76. The molecule has 15 heavy (non-hydrogen) atoms. The Morgan fingerprint density at radius 1 is 0.667 bits per heavy atom. The Morgan fingerprint density at radius 3 is 0.867 bits per heavy atom. The SMILES string of the molecule is CC(C)(C)[Si](NF)(C(C)(C)C)C(C)(C)C. The van der Waals surface area contributed by atoms with Crippen LogP contribution in [0.4, 0.5) is 4.48 Å². The zero-order valence-electron chi connectivity index (χ0n) is 11.9. The van der Waals surface area contributed by atoms with Crippen LogP contribution in [0.25, 0.3) is 0 Å². The first-order chi connectivity index (χ1) is 6.31. The van der Waals surface area contributed by atoms with Crippen molar-refractivity contribution in [2.24, 2.45) is 0 Å². The van der Waals surface area contributed by atoms with E-state index >= 15 is 0 Å². The second kappa shape index (κ2) is 3.84. The Bertz CT molecular complexity index is 181. The number of hydrogen-bond donors (Lipinski definition) is 1. The van der Waals surface area contributed by atoms with E-state index in [0.717, 1.165) is 0 Å². The summed E-state index contributed by atoms with van der Waals surface area (Å²) >= 11 is 0. The highest BCUT2D eigenvalue weighted by atomic mass is 28.3. The largest absolute Gasteiger partial charge is 0.183 e. The van der Waals surface area contributed by atoms with Crippen molar-refractivity contribution in [1.29, 1.82) is 0 Å². The second-order valence-corrected chi connectivity index (χ2v) is 13.8. The molecule has 0 bridgehead atoms.